The summed E-state index contributed by atoms with van der Waals surface area (Å²) in [6, 6.07) is 0. The van der Waals surface area contributed by atoms with Crippen LogP contribution in [0.1, 0.15) is 258 Å². The van der Waals surface area contributed by atoms with Gasteiger partial charge in [-0.2, -0.15) is 0 Å². The Morgan fingerprint density at radius 2 is 0.862 bits per heavy atom. The molecule has 346 valence electrons. The zero-order chi connectivity index (χ0) is 42.3. The van der Waals surface area contributed by atoms with Gasteiger partial charge in [0.15, 0.2) is 0 Å². The van der Waals surface area contributed by atoms with Crippen LogP contribution in [0.3, 0.4) is 0 Å². The third kappa shape index (κ3) is 46.3. The number of rotatable bonds is 49. The average molecular weight is 844 g/mol. The summed E-state index contributed by atoms with van der Waals surface area (Å²) in [4.78, 5) is 22.6. The molecule has 9 heteroatoms. The normalized spacial score (nSPS) is 13.4. The van der Waals surface area contributed by atoms with Gasteiger partial charge in [-0.25, -0.2) is 4.57 Å². The number of hydrogen-bond donors (Lipinski definition) is 2. The molecular formula is C49H98NO7P. The van der Waals surface area contributed by atoms with Crippen molar-refractivity contribution in [1.82, 2.24) is 0 Å². The summed E-state index contributed by atoms with van der Waals surface area (Å²) < 4.78 is 33.5. The SMILES string of the molecule is CCCCCCCC/C=C\CCCCCCCCOCC(COP(=O)(O)OCCN)OC(=O)CCCCCCCCCCCCCCCCCCCCCCCCC. The molecule has 0 aromatic heterocycles. The Morgan fingerprint density at radius 1 is 0.500 bits per heavy atom. The second-order valence-corrected chi connectivity index (χ2v) is 18.5. The molecule has 0 radical (unpaired) electrons. The molecule has 8 nitrogen and oxygen atoms in total. The van der Waals surface area contributed by atoms with Gasteiger partial charge >= 0.3 is 13.8 Å². The number of unbranched alkanes of at least 4 members (excludes halogenated alkanes) is 34. The third-order valence-electron chi connectivity index (χ3n) is 11.2. The van der Waals surface area contributed by atoms with Gasteiger partial charge in [-0.3, -0.25) is 13.8 Å². The number of phosphoric acid groups is 1. The standard InChI is InChI=1S/C49H98NO7P/c1-3-5-7-9-11-13-15-17-19-21-22-23-24-25-26-27-28-30-32-34-36-38-40-42-49(51)57-48(47-56-58(52,53)55-45-43-50)46-54-44-41-39-37-35-33-31-29-20-18-16-14-12-10-8-6-4-2/h18,20,48H,3-17,19,21-47,50H2,1-2H3,(H,52,53)/b20-18-. The highest BCUT2D eigenvalue weighted by molar-refractivity contribution is 7.47. The molecule has 58 heavy (non-hydrogen) atoms. The first-order valence-corrected chi connectivity index (χ1v) is 26.7. The van der Waals surface area contributed by atoms with E-state index in [1.54, 1.807) is 0 Å². The monoisotopic (exact) mass is 844 g/mol. The molecule has 0 aliphatic rings. The molecule has 0 bridgehead atoms. The van der Waals surface area contributed by atoms with Gasteiger partial charge in [-0.05, 0) is 38.5 Å². The van der Waals surface area contributed by atoms with Crippen LogP contribution in [-0.2, 0) is 27.9 Å². The highest BCUT2D eigenvalue weighted by Gasteiger charge is 2.25. The highest BCUT2D eigenvalue weighted by atomic mass is 31.2. The van der Waals surface area contributed by atoms with Crippen LogP contribution in [0.2, 0.25) is 0 Å². The van der Waals surface area contributed by atoms with Crippen LogP contribution in [0, 0.1) is 0 Å². The minimum absolute atomic E-state index is 0.0930. The van der Waals surface area contributed by atoms with E-state index in [0.717, 1.165) is 32.1 Å². The Balaban J connectivity index is 3.89. The zero-order valence-electron chi connectivity index (χ0n) is 38.6. The summed E-state index contributed by atoms with van der Waals surface area (Å²) in [5, 5.41) is 0. The van der Waals surface area contributed by atoms with Gasteiger partial charge in [0, 0.05) is 19.6 Å². The largest absolute Gasteiger partial charge is 0.472 e. The molecule has 0 saturated carbocycles. The maximum Gasteiger partial charge on any atom is 0.472 e. The minimum Gasteiger partial charge on any atom is -0.457 e. The number of carbonyl (C=O) groups is 1. The van der Waals surface area contributed by atoms with E-state index in [2.05, 4.69) is 26.0 Å². The molecule has 2 atom stereocenters. The van der Waals surface area contributed by atoms with Crippen molar-refractivity contribution in [2.75, 3.05) is 33.0 Å². The lowest BCUT2D eigenvalue weighted by molar-refractivity contribution is -0.154. The highest BCUT2D eigenvalue weighted by Crippen LogP contribution is 2.43. The quantitative estimate of drug-likeness (QED) is 0.0269. The lowest BCUT2D eigenvalue weighted by atomic mass is 10.0. The van der Waals surface area contributed by atoms with E-state index in [0.29, 0.717) is 13.0 Å². The Kier molecular flexibility index (Phi) is 46.7. The Morgan fingerprint density at radius 3 is 1.26 bits per heavy atom. The maximum atomic E-state index is 12.6. The molecule has 0 aliphatic carbocycles. The van der Waals surface area contributed by atoms with Crippen LogP contribution in [0.5, 0.6) is 0 Å². The number of phosphoric ester groups is 1. The molecule has 0 rings (SSSR count). The second kappa shape index (κ2) is 47.3. The maximum absolute atomic E-state index is 12.6. The molecule has 0 fully saturated rings. The predicted octanol–water partition coefficient (Wildman–Crippen LogP) is 15.4. The van der Waals surface area contributed by atoms with E-state index in [-0.39, 0.29) is 32.3 Å². The Bertz CT molecular complexity index is 904. The number of carbonyl (C=O) groups excluding carboxylic acids is 1. The summed E-state index contributed by atoms with van der Waals surface area (Å²) in [5.74, 6) is -0.325. The van der Waals surface area contributed by atoms with E-state index in [9.17, 15) is 14.3 Å². The molecule has 0 amide bonds. The topological polar surface area (TPSA) is 117 Å². The minimum atomic E-state index is -4.28. The first-order valence-electron chi connectivity index (χ1n) is 25.2. The fourth-order valence-electron chi connectivity index (χ4n) is 7.46. The first kappa shape index (κ1) is 57.2. The summed E-state index contributed by atoms with van der Waals surface area (Å²) in [5.41, 5.74) is 5.38. The number of allylic oxidation sites excluding steroid dienone is 2. The fourth-order valence-corrected chi connectivity index (χ4v) is 8.23. The number of nitrogens with two attached hydrogens (primary N) is 1. The Labute approximate surface area is 360 Å². The van der Waals surface area contributed by atoms with Crippen molar-refractivity contribution >= 4 is 13.8 Å². The molecule has 0 aliphatic heterocycles. The van der Waals surface area contributed by atoms with Crippen LogP contribution in [0.15, 0.2) is 12.2 Å². The van der Waals surface area contributed by atoms with Crippen LogP contribution in [-0.4, -0.2) is 49.9 Å². The van der Waals surface area contributed by atoms with Crippen LogP contribution in [0.25, 0.3) is 0 Å². The van der Waals surface area contributed by atoms with Crippen molar-refractivity contribution in [3.05, 3.63) is 12.2 Å². The van der Waals surface area contributed by atoms with E-state index < -0.39 is 13.9 Å². The molecule has 2 unspecified atom stereocenters. The van der Waals surface area contributed by atoms with Gasteiger partial charge in [0.2, 0.25) is 0 Å². The number of ether oxygens (including phenoxy) is 2. The van der Waals surface area contributed by atoms with Crippen molar-refractivity contribution < 1.29 is 32.8 Å². The summed E-state index contributed by atoms with van der Waals surface area (Å²) in [7, 11) is -4.28. The summed E-state index contributed by atoms with van der Waals surface area (Å²) in [6.45, 7) is 4.96. The smallest absolute Gasteiger partial charge is 0.457 e. The molecule has 0 aromatic rings. The second-order valence-electron chi connectivity index (χ2n) is 17.0. The van der Waals surface area contributed by atoms with E-state index in [1.807, 2.05) is 0 Å². The van der Waals surface area contributed by atoms with Crippen molar-refractivity contribution in [3.8, 4) is 0 Å². The van der Waals surface area contributed by atoms with Gasteiger partial charge < -0.3 is 20.1 Å². The average Bonchev–Trinajstić information content (AvgIpc) is 3.21. The first-order chi connectivity index (χ1) is 28.4. The number of esters is 1. The molecule has 3 N–H and O–H groups in total. The van der Waals surface area contributed by atoms with Crippen molar-refractivity contribution in [2.24, 2.45) is 5.73 Å². The zero-order valence-corrected chi connectivity index (χ0v) is 39.5. The lowest BCUT2D eigenvalue weighted by Gasteiger charge is -2.20. The van der Waals surface area contributed by atoms with Gasteiger partial charge in [-0.1, -0.05) is 225 Å². The van der Waals surface area contributed by atoms with Crippen molar-refractivity contribution in [2.45, 2.75) is 264 Å². The molecular weight excluding hydrogens is 746 g/mol. The lowest BCUT2D eigenvalue weighted by Crippen LogP contribution is -2.28. The summed E-state index contributed by atoms with van der Waals surface area (Å²) in [6.07, 6.45) is 52.4. The predicted molar refractivity (Wildman–Crippen MR) is 247 cm³/mol. The Hall–Kier alpha value is -0.760. The van der Waals surface area contributed by atoms with E-state index >= 15 is 0 Å². The van der Waals surface area contributed by atoms with Crippen molar-refractivity contribution in [3.63, 3.8) is 0 Å². The van der Waals surface area contributed by atoms with Gasteiger partial charge in [-0.15, -0.1) is 0 Å². The number of hydrogen-bond acceptors (Lipinski definition) is 7. The molecule has 0 heterocycles. The van der Waals surface area contributed by atoms with Crippen LogP contribution < -0.4 is 5.73 Å². The van der Waals surface area contributed by atoms with Crippen molar-refractivity contribution in [1.29, 1.82) is 0 Å². The fraction of sp³-hybridized carbons (Fsp3) is 0.939. The van der Waals surface area contributed by atoms with Gasteiger partial charge in [0.05, 0.1) is 19.8 Å². The van der Waals surface area contributed by atoms with Crippen LogP contribution in [0.4, 0.5) is 0 Å². The van der Waals surface area contributed by atoms with E-state index in [4.69, 9.17) is 24.3 Å². The molecule has 0 spiro atoms. The van der Waals surface area contributed by atoms with Gasteiger partial charge in [0.25, 0.3) is 0 Å². The molecule has 0 aromatic carbocycles. The van der Waals surface area contributed by atoms with Crippen LogP contribution >= 0.6 is 7.82 Å². The third-order valence-corrected chi connectivity index (χ3v) is 12.2. The van der Waals surface area contributed by atoms with E-state index in [1.165, 1.54) is 205 Å². The van der Waals surface area contributed by atoms with Gasteiger partial charge in [0.1, 0.15) is 6.10 Å². The molecule has 0 saturated heterocycles. The summed E-state index contributed by atoms with van der Waals surface area (Å²) >= 11 is 0.